The zero-order valence-electron chi connectivity index (χ0n) is 11.7. The highest BCUT2D eigenvalue weighted by atomic mass is 79.9. The highest BCUT2D eigenvalue weighted by molar-refractivity contribution is 9.11. The summed E-state index contributed by atoms with van der Waals surface area (Å²) in [6.07, 6.45) is 1.10. The predicted octanol–water partition coefficient (Wildman–Crippen LogP) is 2.75. The van der Waals surface area contributed by atoms with Gasteiger partial charge in [-0.05, 0) is 76.5 Å². The SMILES string of the molecule is Cc1cc(Br)c(NC(=O)CN(C)C2CCNC2)c(Br)c1. The first-order chi connectivity index (χ1) is 9.47. The second kappa shape index (κ2) is 7.02. The maximum atomic E-state index is 12.2. The van der Waals surface area contributed by atoms with Crippen LogP contribution in [0.15, 0.2) is 21.1 Å². The molecule has 1 heterocycles. The van der Waals surface area contributed by atoms with Gasteiger partial charge >= 0.3 is 0 Å². The van der Waals surface area contributed by atoms with E-state index in [-0.39, 0.29) is 5.91 Å². The van der Waals surface area contributed by atoms with Gasteiger partial charge in [-0.2, -0.15) is 0 Å². The van der Waals surface area contributed by atoms with Crippen molar-refractivity contribution in [3.63, 3.8) is 0 Å². The van der Waals surface area contributed by atoms with E-state index in [4.69, 9.17) is 0 Å². The number of amides is 1. The molecule has 1 aromatic rings. The van der Waals surface area contributed by atoms with Gasteiger partial charge in [0.15, 0.2) is 0 Å². The van der Waals surface area contributed by atoms with Crippen LogP contribution in [-0.2, 0) is 4.79 Å². The second-order valence-electron chi connectivity index (χ2n) is 5.21. The van der Waals surface area contributed by atoms with Gasteiger partial charge in [0.2, 0.25) is 5.91 Å². The molecule has 1 fully saturated rings. The molecule has 1 unspecified atom stereocenters. The summed E-state index contributed by atoms with van der Waals surface area (Å²) in [6.45, 7) is 4.41. The second-order valence-corrected chi connectivity index (χ2v) is 6.92. The van der Waals surface area contributed by atoms with Crippen molar-refractivity contribution in [2.75, 3.05) is 32.0 Å². The van der Waals surface area contributed by atoms with Crippen molar-refractivity contribution >= 4 is 43.5 Å². The highest BCUT2D eigenvalue weighted by Gasteiger charge is 2.21. The van der Waals surface area contributed by atoms with Crippen molar-refractivity contribution < 1.29 is 4.79 Å². The number of benzene rings is 1. The number of nitrogens with zero attached hydrogens (tertiary/aromatic N) is 1. The maximum absolute atomic E-state index is 12.2. The number of hydrogen-bond acceptors (Lipinski definition) is 3. The van der Waals surface area contributed by atoms with Crippen molar-refractivity contribution in [1.29, 1.82) is 0 Å². The first-order valence-corrected chi connectivity index (χ1v) is 8.22. The molecule has 0 aliphatic carbocycles. The zero-order chi connectivity index (χ0) is 14.7. The summed E-state index contributed by atoms with van der Waals surface area (Å²) in [6, 6.07) is 4.43. The Labute approximate surface area is 136 Å². The van der Waals surface area contributed by atoms with Crippen LogP contribution in [-0.4, -0.2) is 43.5 Å². The minimum absolute atomic E-state index is 0.00431. The molecule has 1 saturated heterocycles. The highest BCUT2D eigenvalue weighted by Crippen LogP contribution is 2.32. The predicted molar refractivity (Wildman–Crippen MR) is 89.1 cm³/mol. The number of aryl methyl sites for hydroxylation is 1. The number of halogens is 2. The quantitative estimate of drug-likeness (QED) is 0.810. The molecule has 2 N–H and O–H groups in total. The Morgan fingerprint density at radius 2 is 2.10 bits per heavy atom. The minimum Gasteiger partial charge on any atom is -0.323 e. The first-order valence-electron chi connectivity index (χ1n) is 6.64. The van der Waals surface area contributed by atoms with E-state index in [1.54, 1.807) is 0 Å². The summed E-state index contributed by atoms with van der Waals surface area (Å²) < 4.78 is 1.78. The van der Waals surface area contributed by atoms with Gasteiger partial charge < -0.3 is 10.6 Å². The smallest absolute Gasteiger partial charge is 0.238 e. The molecule has 0 radical (unpaired) electrons. The van der Waals surface area contributed by atoms with Gasteiger partial charge in [0.1, 0.15) is 0 Å². The molecule has 0 bridgehead atoms. The Kier molecular flexibility index (Phi) is 5.60. The molecule has 0 spiro atoms. The van der Waals surface area contributed by atoms with E-state index in [1.807, 2.05) is 26.1 Å². The molecule has 2 rings (SSSR count). The van der Waals surface area contributed by atoms with Crippen molar-refractivity contribution in [2.45, 2.75) is 19.4 Å². The van der Waals surface area contributed by atoms with Gasteiger partial charge in [0, 0.05) is 21.5 Å². The summed E-state index contributed by atoms with van der Waals surface area (Å²) in [4.78, 5) is 14.3. The molecule has 0 saturated carbocycles. The molecule has 1 atom stereocenters. The summed E-state index contributed by atoms with van der Waals surface area (Å²) in [5.41, 5.74) is 1.93. The van der Waals surface area contributed by atoms with Gasteiger partial charge in [-0.25, -0.2) is 0 Å². The van der Waals surface area contributed by atoms with Gasteiger partial charge in [0.05, 0.1) is 12.2 Å². The minimum atomic E-state index is 0.00431. The molecule has 1 aromatic carbocycles. The third-order valence-electron chi connectivity index (χ3n) is 3.50. The lowest BCUT2D eigenvalue weighted by Gasteiger charge is -2.23. The molecular formula is C14H19Br2N3O. The van der Waals surface area contributed by atoms with Crippen LogP contribution in [0.1, 0.15) is 12.0 Å². The normalized spacial score (nSPS) is 18.6. The van der Waals surface area contributed by atoms with E-state index in [0.717, 1.165) is 39.7 Å². The Balaban J connectivity index is 1.97. The van der Waals surface area contributed by atoms with Crippen molar-refractivity contribution in [3.8, 4) is 0 Å². The molecule has 1 amide bonds. The number of hydrogen-bond donors (Lipinski definition) is 2. The molecule has 110 valence electrons. The number of nitrogens with one attached hydrogen (secondary N) is 2. The Morgan fingerprint density at radius 1 is 1.45 bits per heavy atom. The summed E-state index contributed by atoms with van der Waals surface area (Å²) in [7, 11) is 2.00. The summed E-state index contributed by atoms with van der Waals surface area (Å²) in [5.74, 6) is 0.00431. The van der Waals surface area contributed by atoms with Crippen LogP contribution in [0.4, 0.5) is 5.69 Å². The van der Waals surface area contributed by atoms with Crippen LogP contribution < -0.4 is 10.6 Å². The summed E-state index contributed by atoms with van der Waals surface area (Å²) in [5, 5.41) is 6.28. The fraction of sp³-hybridized carbons (Fsp3) is 0.500. The molecule has 6 heteroatoms. The van der Waals surface area contributed by atoms with E-state index in [2.05, 4.69) is 47.4 Å². The zero-order valence-corrected chi connectivity index (χ0v) is 14.8. The molecule has 20 heavy (non-hydrogen) atoms. The average Bonchev–Trinajstić information content (AvgIpc) is 2.87. The lowest BCUT2D eigenvalue weighted by molar-refractivity contribution is -0.117. The van der Waals surface area contributed by atoms with Crippen LogP contribution in [0.3, 0.4) is 0 Å². The molecule has 0 aromatic heterocycles. The topological polar surface area (TPSA) is 44.4 Å². The first kappa shape index (κ1) is 15.9. The van der Waals surface area contributed by atoms with Crippen molar-refractivity contribution in [3.05, 3.63) is 26.6 Å². The van der Waals surface area contributed by atoms with E-state index in [1.165, 1.54) is 0 Å². The Morgan fingerprint density at radius 3 is 2.65 bits per heavy atom. The van der Waals surface area contributed by atoms with E-state index < -0.39 is 0 Å². The van der Waals surface area contributed by atoms with E-state index in [9.17, 15) is 4.79 Å². The van der Waals surface area contributed by atoms with Crippen LogP contribution in [0, 0.1) is 6.92 Å². The lowest BCUT2D eigenvalue weighted by Crippen LogP contribution is -2.39. The fourth-order valence-corrected chi connectivity index (χ4v) is 3.98. The van der Waals surface area contributed by atoms with Gasteiger partial charge in [-0.15, -0.1) is 0 Å². The molecule has 1 aliphatic rings. The third kappa shape index (κ3) is 4.04. The summed E-state index contributed by atoms with van der Waals surface area (Å²) >= 11 is 6.98. The van der Waals surface area contributed by atoms with E-state index >= 15 is 0 Å². The van der Waals surface area contributed by atoms with Crippen molar-refractivity contribution in [2.24, 2.45) is 0 Å². The Bertz CT molecular complexity index is 478. The standard InChI is InChI=1S/C14H19Br2N3O/c1-9-5-11(15)14(12(16)6-9)18-13(20)8-19(2)10-3-4-17-7-10/h5-6,10,17H,3-4,7-8H2,1-2H3,(H,18,20). The fourth-order valence-electron chi connectivity index (χ4n) is 2.37. The van der Waals surface area contributed by atoms with Gasteiger partial charge in [-0.3, -0.25) is 9.69 Å². The number of rotatable bonds is 4. The number of carbonyl (C=O) groups excluding carboxylic acids is 1. The number of likely N-dealkylation sites (N-methyl/N-ethyl adjacent to an activating group) is 1. The van der Waals surface area contributed by atoms with Gasteiger partial charge in [0.25, 0.3) is 0 Å². The average molecular weight is 405 g/mol. The molecule has 4 nitrogen and oxygen atoms in total. The monoisotopic (exact) mass is 403 g/mol. The largest absolute Gasteiger partial charge is 0.323 e. The van der Waals surface area contributed by atoms with Crippen LogP contribution >= 0.6 is 31.9 Å². The van der Waals surface area contributed by atoms with Crippen LogP contribution in [0.5, 0.6) is 0 Å². The third-order valence-corrected chi connectivity index (χ3v) is 4.75. The van der Waals surface area contributed by atoms with Crippen LogP contribution in [0.2, 0.25) is 0 Å². The number of carbonyl (C=O) groups is 1. The lowest BCUT2D eigenvalue weighted by atomic mass is 10.2. The molecule has 1 aliphatic heterocycles. The van der Waals surface area contributed by atoms with Crippen molar-refractivity contribution in [1.82, 2.24) is 10.2 Å². The maximum Gasteiger partial charge on any atom is 0.238 e. The van der Waals surface area contributed by atoms with Crippen LogP contribution in [0.25, 0.3) is 0 Å². The van der Waals surface area contributed by atoms with Gasteiger partial charge in [-0.1, -0.05) is 0 Å². The number of anilines is 1. The Hall–Kier alpha value is -0.430. The van der Waals surface area contributed by atoms with E-state index in [0.29, 0.717) is 12.6 Å². The molecular weight excluding hydrogens is 386 g/mol.